The van der Waals surface area contributed by atoms with Gasteiger partial charge in [0.2, 0.25) is 11.8 Å². The largest absolute Gasteiger partial charge is 0.326 e. The molecule has 0 radical (unpaired) electrons. The lowest BCUT2D eigenvalue weighted by molar-refractivity contribution is -0.130. The number of amides is 2. The Labute approximate surface area is 138 Å². The first-order valence-corrected chi connectivity index (χ1v) is 8.21. The van der Waals surface area contributed by atoms with Crippen LogP contribution in [0.15, 0.2) is 46.9 Å². The topological polar surface area (TPSA) is 61.8 Å². The van der Waals surface area contributed by atoms with Gasteiger partial charge in [-0.2, -0.15) is 5.10 Å². The third kappa shape index (κ3) is 3.32. The van der Waals surface area contributed by atoms with E-state index >= 15 is 0 Å². The molecule has 0 saturated carbocycles. The van der Waals surface area contributed by atoms with Crippen molar-refractivity contribution in [2.75, 3.05) is 5.32 Å². The van der Waals surface area contributed by atoms with E-state index in [1.807, 2.05) is 41.8 Å². The van der Waals surface area contributed by atoms with Gasteiger partial charge < -0.3 is 5.32 Å². The summed E-state index contributed by atoms with van der Waals surface area (Å²) in [5.41, 5.74) is 2.59. The molecule has 0 spiro atoms. The predicted octanol–water partition coefficient (Wildman–Crippen LogP) is 3.40. The molecule has 3 rings (SSSR count). The molecule has 5 nitrogen and oxygen atoms in total. The fourth-order valence-electron chi connectivity index (χ4n) is 2.63. The first-order chi connectivity index (χ1) is 11.0. The predicted molar refractivity (Wildman–Crippen MR) is 91.5 cm³/mol. The molecule has 1 aromatic carbocycles. The molecule has 0 saturated heterocycles. The Morgan fingerprint density at radius 1 is 1.22 bits per heavy atom. The Balaban J connectivity index is 1.84. The number of hydrogen-bond acceptors (Lipinski definition) is 4. The van der Waals surface area contributed by atoms with E-state index in [1.165, 1.54) is 13.8 Å². The summed E-state index contributed by atoms with van der Waals surface area (Å²) in [5.74, 6) is -0.162. The molecule has 1 aliphatic rings. The van der Waals surface area contributed by atoms with Crippen molar-refractivity contribution in [3.8, 4) is 0 Å². The van der Waals surface area contributed by atoms with Gasteiger partial charge in [0, 0.05) is 30.8 Å². The minimum absolute atomic E-state index is 0.0301. The van der Waals surface area contributed by atoms with Crippen molar-refractivity contribution in [2.24, 2.45) is 5.10 Å². The van der Waals surface area contributed by atoms with Gasteiger partial charge in [-0.05, 0) is 29.1 Å². The smallest absolute Gasteiger partial charge is 0.240 e. The fraction of sp³-hybridized carbons (Fsp3) is 0.235. The van der Waals surface area contributed by atoms with Crippen molar-refractivity contribution in [3.05, 3.63) is 52.2 Å². The molecule has 0 aliphatic carbocycles. The zero-order valence-corrected chi connectivity index (χ0v) is 13.8. The van der Waals surface area contributed by atoms with E-state index in [0.29, 0.717) is 6.42 Å². The van der Waals surface area contributed by atoms with Crippen molar-refractivity contribution >= 4 is 34.6 Å². The van der Waals surface area contributed by atoms with E-state index in [2.05, 4.69) is 10.4 Å². The highest BCUT2D eigenvalue weighted by Crippen LogP contribution is 2.35. The lowest BCUT2D eigenvalue weighted by Crippen LogP contribution is -2.23. The normalized spacial score (nSPS) is 17.0. The van der Waals surface area contributed by atoms with Crippen molar-refractivity contribution in [3.63, 3.8) is 0 Å². The standard InChI is InChI=1S/C17H17N3O2S/c1-11(21)18-14-7-5-13(6-8-14)15-10-16(17-4-3-9-23-17)20(19-15)12(2)22/h3-9,16H,10H2,1-2H3,(H,18,21)/t16-/m1/s1. The monoisotopic (exact) mass is 327 g/mol. The number of thiophene rings is 1. The van der Waals surface area contributed by atoms with Gasteiger partial charge in [-0.15, -0.1) is 11.3 Å². The third-order valence-corrected chi connectivity index (χ3v) is 4.62. The van der Waals surface area contributed by atoms with E-state index < -0.39 is 0 Å². The van der Waals surface area contributed by atoms with Crippen molar-refractivity contribution in [1.82, 2.24) is 5.01 Å². The van der Waals surface area contributed by atoms with Crippen LogP contribution in [0.25, 0.3) is 0 Å². The number of rotatable bonds is 3. The van der Waals surface area contributed by atoms with Gasteiger partial charge in [-0.3, -0.25) is 9.59 Å². The summed E-state index contributed by atoms with van der Waals surface area (Å²) in [5, 5.41) is 10.8. The summed E-state index contributed by atoms with van der Waals surface area (Å²) in [6.45, 7) is 3.01. The van der Waals surface area contributed by atoms with Crippen LogP contribution >= 0.6 is 11.3 Å². The van der Waals surface area contributed by atoms with Crippen LogP contribution in [0.4, 0.5) is 5.69 Å². The van der Waals surface area contributed by atoms with Crippen molar-refractivity contribution < 1.29 is 9.59 Å². The van der Waals surface area contributed by atoms with Crippen LogP contribution in [0.5, 0.6) is 0 Å². The molecule has 0 unspecified atom stereocenters. The molecule has 2 aromatic rings. The lowest BCUT2D eigenvalue weighted by Gasteiger charge is -2.18. The minimum atomic E-state index is -0.100. The van der Waals surface area contributed by atoms with E-state index in [1.54, 1.807) is 16.3 Å². The van der Waals surface area contributed by atoms with Crippen LogP contribution in [0.2, 0.25) is 0 Å². The second kappa shape index (κ2) is 6.34. The third-order valence-electron chi connectivity index (χ3n) is 3.64. The van der Waals surface area contributed by atoms with Crippen LogP contribution in [0.3, 0.4) is 0 Å². The highest BCUT2D eigenvalue weighted by atomic mass is 32.1. The zero-order chi connectivity index (χ0) is 16.4. The summed E-state index contributed by atoms with van der Waals surface area (Å²) in [4.78, 5) is 24.1. The number of nitrogens with one attached hydrogen (secondary N) is 1. The van der Waals surface area contributed by atoms with E-state index in [9.17, 15) is 9.59 Å². The number of hydrazone groups is 1. The number of hydrogen-bond donors (Lipinski definition) is 1. The van der Waals surface area contributed by atoms with Gasteiger partial charge >= 0.3 is 0 Å². The second-order valence-electron chi connectivity index (χ2n) is 5.40. The van der Waals surface area contributed by atoms with Crippen LogP contribution in [0, 0.1) is 0 Å². The fourth-order valence-corrected chi connectivity index (χ4v) is 3.44. The SMILES string of the molecule is CC(=O)Nc1ccc(C2=NN(C(C)=O)[C@@H](c3cccs3)C2)cc1. The maximum Gasteiger partial charge on any atom is 0.240 e. The molecule has 118 valence electrons. The van der Waals surface area contributed by atoms with Gasteiger partial charge in [-0.1, -0.05) is 18.2 Å². The number of carbonyl (C=O) groups excluding carboxylic acids is 2. The Hall–Kier alpha value is -2.47. The number of nitrogens with zero attached hydrogens (tertiary/aromatic N) is 2. The van der Waals surface area contributed by atoms with Gasteiger partial charge in [0.15, 0.2) is 0 Å². The average Bonchev–Trinajstić information content (AvgIpc) is 3.16. The lowest BCUT2D eigenvalue weighted by atomic mass is 10.0. The molecule has 0 fully saturated rings. The molecule has 23 heavy (non-hydrogen) atoms. The number of benzene rings is 1. The summed E-state index contributed by atoms with van der Waals surface area (Å²) >= 11 is 1.63. The highest BCUT2D eigenvalue weighted by molar-refractivity contribution is 7.10. The molecular formula is C17H17N3O2S. The van der Waals surface area contributed by atoms with Crippen molar-refractivity contribution in [2.45, 2.75) is 26.3 Å². The van der Waals surface area contributed by atoms with Gasteiger partial charge in [-0.25, -0.2) is 5.01 Å². The summed E-state index contributed by atoms with van der Waals surface area (Å²) in [6, 6.07) is 11.5. The first-order valence-electron chi connectivity index (χ1n) is 7.33. The van der Waals surface area contributed by atoms with E-state index in [4.69, 9.17) is 0 Å². The van der Waals surface area contributed by atoms with E-state index in [0.717, 1.165) is 21.8 Å². The Bertz CT molecular complexity index is 751. The molecule has 0 bridgehead atoms. The Morgan fingerprint density at radius 3 is 2.52 bits per heavy atom. The minimum Gasteiger partial charge on any atom is -0.326 e. The zero-order valence-electron chi connectivity index (χ0n) is 12.9. The summed E-state index contributed by atoms with van der Waals surface area (Å²) < 4.78 is 0. The average molecular weight is 327 g/mol. The molecular weight excluding hydrogens is 310 g/mol. The van der Waals surface area contributed by atoms with Gasteiger partial charge in [0.25, 0.3) is 0 Å². The molecule has 1 atom stereocenters. The highest BCUT2D eigenvalue weighted by Gasteiger charge is 2.31. The molecule has 1 N–H and O–H groups in total. The van der Waals surface area contributed by atoms with E-state index in [-0.39, 0.29) is 17.9 Å². The Kier molecular flexibility index (Phi) is 4.25. The summed E-state index contributed by atoms with van der Waals surface area (Å²) in [6.07, 6.45) is 0.694. The maximum absolute atomic E-state index is 11.9. The van der Waals surface area contributed by atoms with Crippen LogP contribution < -0.4 is 5.32 Å². The Morgan fingerprint density at radius 2 is 1.96 bits per heavy atom. The summed E-state index contributed by atoms with van der Waals surface area (Å²) in [7, 11) is 0. The molecule has 6 heteroatoms. The second-order valence-corrected chi connectivity index (χ2v) is 6.38. The van der Waals surface area contributed by atoms with Crippen molar-refractivity contribution in [1.29, 1.82) is 0 Å². The van der Waals surface area contributed by atoms with Gasteiger partial charge in [0.05, 0.1) is 11.8 Å². The van der Waals surface area contributed by atoms with Crippen LogP contribution in [-0.2, 0) is 9.59 Å². The number of carbonyl (C=O) groups is 2. The maximum atomic E-state index is 11.9. The quantitative estimate of drug-likeness (QED) is 0.939. The van der Waals surface area contributed by atoms with Crippen LogP contribution in [0.1, 0.15) is 36.8 Å². The molecule has 2 amide bonds. The number of anilines is 1. The molecule has 1 aliphatic heterocycles. The molecule has 1 aromatic heterocycles. The van der Waals surface area contributed by atoms with Gasteiger partial charge in [0.1, 0.15) is 0 Å². The first kappa shape index (κ1) is 15.4. The molecule has 2 heterocycles. The van der Waals surface area contributed by atoms with Crippen LogP contribution in [-0.4, -0.2) is 22.5 Å².